The fraction of sp³-hybridized carbons (Fsp3) is 0.333. The molecule has 5 nitrogen and oxygen atoms in total. The van der Waals surface area contributed by atoms with Crippen LogP contribution in [0.5, 0.6) is 5.75 Å². The maximum Gasteiger partial charge on any atom is 0.261 e. The minimum atomic E-state index is -0.391. The number of amides is 2. The molecule has 19 heavy (non-hydrogen) atoms. The fourth-order valence-corrected chi connectivity index (χ4v) is 2.14. The van der Waals surface area contributed by atoms with E-state index in [1.807, 2.05) is 0 Å². The fourth-order valence-electron chi connectivity index (χ4n) is 1.67. The number of ether oxygens (including phenoxy) is 1. The summed E-state index contributed by atoms with van der Waals surface area (Å²) in [6.07, 6.45) is 0. The Morgan fingerprint density at radius 3 is 3.00 bits per heavy atom. The lowest BCUT2D eigenvalue weighted by molar-refractivity contribution is -0.139. The molecule has 1 fully saturated rings. The number of nitrogens with one attached hydrogen (secondary N) is 1. The van der Waals surface area contributed by atoms with Crippen LogP contribution in [0.2, 0.25) is 0 Å². The van der Waals surface area contributed by atoms with E-state index in [9.17, 15) is 14.0 Å². The minimum Gasteiger partial charge on any atom is -0.483 e. The van der Waals surface area contributed by atoms with Crippen molar-refractivity contribution in [3.8, 4) is 5.75 Å². The Hall–Kier alpha value is -1.63. The van der Waals surface area contributed by atoms with E-state index in [0.29, 0.717) is 23.3 Å². The molecule has 1 aromatic rings. The average Bonchev–Trinajstić information content (AvgIpc) is 2.37. The highest BCUT2D eigenvalue weighted by atomic mass is 79.9. The number of carbonyl (C=O) groups is 2. The molecule has 0 bridgehead atoms. The minimum absolute atomic E-state index is 0.0484. The van der Waals surface area contributed by atoms with Crippen LogP contribution in [-0.4, -0.2) is 43.0 Å². The van der Waals surface area contributed by atoms with Crippen molar-refractivity contribution in [1.29, 1.82) is 0 Å². The van der Waals surface area contributed by atoms with Gasteiger partial charge in [0.25, 0.3) is 5.91 Å². The largest absolute Gasteiger partial charge is 0.483 e. The lowest BCUT2D eigenvalue weighted by Gasteiger charge is -2.26. The number of rotatable bonds is 3. The van der Waals surface area contributed by atoms with Gasteiger partial charge in [-0.1, -0.05) is 0 Å². The van der Waals surface area contributed by atoms with Crippen molar-refractivity contribution in [2.75, 3.05) is 26.2 Å². The van der Waals surface area contributed by atoms with Crippen LogP contribution in [-0.2, 0) is 9.59 Å². The van der Waals surface area contributed by atoms with Gasteiger partial charge in [0.15, 0.2) is 6.61 Å². The first-order valence-corrected chi connectivity index (χ1v) is 6.48. The predicted molar refractivity (Wildman–Crippen MR) is 69.2 cm³/mol. The molecule has 1 aliphatic heterocycles. The van der Waals surface area contributed by atoms with E-state index in [4.69, 9.17) is 4.74 Å². The first-order valence-electron chi connectivity index (χ1n) is 5.68. The summed E-state index contributed by atoms with van der Waals surface area (Å²) in [5, 5.41) is 2.63. The third-order valence-electron chi connectivity index (χ3n) is 2.64. The molecule has 0 aromatic heterocycles. The highest BCUT2D eigenvalue weighted by Crippen LogP contribution is 2.25. The summed E-state index contributed by atoms with van der Waals surface area (Å²) < 4.78 is 18.6. The second-order valence-electron chi connectivity index (χ2n) is 4.03. The molecule has 1 saturated heterocycles. The lowest BCUT2D eigenvalue weighted by Crippen LogP contribution is -2.51. The van der Waals surface area contributed by atoms with E-state index in [-0.39, 0.29) is 25.0 Å². The number of benzene rings is 1. The van der Waals surface area contributed by atoms with Crippen molar-refractivity contribution in [2.45, 2.75) is 0 Å². The Morgan fingerprint density at radius 2 is 2.32 bits per heavy atom. The molecular weight excluding hydrogens is 319 g/mol. The molecule has 1 aromatic carbocycles. The molecule has 1 aliphatic rings. The summed E-state index contributed by atoms with van der Waals surface area (Å²) in [4.78, 5) is 24.4. The number of nitrogens with zero attached hydrogens (tertiary/aromatic N) is 1. The molecular formula is C12H12BrFN2O3. The number of piperazine rings is 1. The lowest BCUT2D eigenvalue weighted by atomic mass is 10.3. The third-order valence-corrected chi connectivity index (χ3v) is 3.26. The quantitative estimate of drug-likeness (QED) is 0.896. The van der Waals surface area contributed by atoms with Gasteiger partial charge in [0.05, 0.1) is 11.0 Å². The molecule has 0 atom stereocenters. The molecule has 102 valence electrons. The Kier molecular flexibility index (Phi) is 4.36. The zero-order valence-electron chi connectivity index (χ0n) is 9.99. The molecule has 2 rings (SSSR count). The maximum absolute atomic E-state index is 12.9. The second-order valence-corrected chi connectivity index (χ2v) is 4.88. The van der Waals surface area contributed by atoms with Crippen molar-refractivity contribution < 1.29 is 18.7 Å². The van der Waals surface area contributed by atoms with Crippen LogP contribution >= 0.6 is 15.9 Å². The molecule has 0 saturated carbocycles. The van der Waals surface area contributed by atoms with Gasteiger partial charge in [-0.2, -0.15) is 0 Å². The van der Waals surface area contributed by atoms with Crippen LogP contribution in [0.1, 0.15) is 0 Å². The number of halogens is 2. The van der Waals surface area contributed by atoms with Gasteiger partial charge in [0.1, 0.15) is 11.6 Å². The van der Waals surface area contributed by atoms with Crippen LogP contribution in [0.15, 0.2) is 22.7 Å². The van der Waals surface area contributed by atoms with E-state index in [1.54, 1.807) is 0 Å². The normalized spacial score (nSPS) is 15.1. The smallest absolute Gasteiger partial charge is 0.261 e. The summed E-state index contributed by atoms with van der Waals surface area (Å²) in [5.74, 6) is -0.455. The molecule has 0 spiro atoms. The van der Waals surface area contributed by atoms with Gasteiger partial charge in [0.2, 0.25) is 5.91 Å². The van der Waals surface area contributed by atoms with E-state index >= 15 is 0 Å². The Morgan fingerprint density at radius 1 is 1.53 bits per heavy atom. The summed E-state index contributed by atoms with van der Waals surface area (Å²) in [7, 11) is 0. The topological polar surface area (TPSA) is 58.6 Å². The molecule has 0 radical (unpaired) electrons. The highest BCUT2D eigenvalue weighted by Gasteiger charge is 2.21. The number of hydrogen-bond donors (Lipinski definition) is 1. The van der Waals surface area contributed by atoms with E-state index in [0.717, 1.165) is 0 Å². The van der Waals surface area contributed by atoms with Crippen molar-refractivity contribution in [3.05, 3.63) is 28.5 Å². The van der Waals surface area contributed by atoms with Gasteiger partial charge in [-0.25, -0.2) is 4.39 Å². The number of carbonyl (C=O) groups excluding carboxylic acids is 2. The first-order chi connectivity index (χ1) is 9.06. The summed E-state index contributed by atoms with van der Waals surface area (Å²) >= 11 is 3.15. The molecule has 0 unspecified atom stereocenters. The highest BCUT2D eigenvalue weighted by molar-refractivity contribution is 9.10. The number of hydrogen-bond acceptors (Lipinski definition) is 3. The van der Waals surface area contributed by atoms with Crippen LogP contribution in [0.25, 0.3) is 0 Å². The van der Waals surface area contributed by atoms with Gasteiger partial charge < -0.3 is 15.0 Å². The molecule has 2 amide bonds. The van der Waals surface area contributed by atoms with E-state index in [1.165, 1.54) is 23.1 Å². The van der Waals surface area contributed by atoms with Crippen LogP contribution in [0.4, 0.5) is 4.39 Å². The van der Waals surface area contributed by atoms with Crippen molar-refractivity contribution in [1.82, 2.24) is 10.2 Å². The average molecular weight is 331 g/mol. The van der Waals surface area contributed by atoms with Gasteiger partial charge in [-0.05, 0) is 34.1 Å². The van der Waals surface area contributed by atoms with E-state index in [2.05, 4.69) is 21.2 Å². The van der Waals surface area contributed by atoms with Crippen LogP contribution < -0.4 is 10.1 Å². The van der Waals surface area contributed by atoms with Crippen molar-refractivity contribution in [3.63, 3.8) is 0 Å². The third kappa shape index (κ3) is 3.66. The monoisotopic (exact) mass is 330 g/mol. The van der Waals surface area contributed by atoms with E-state index < -0.39 is 5.82 Å². The molecule has 1 heterocycles. The Labute approximate surface area is 117 Å². The standard InChI is InChI=1S/C12H12BrFN2O3/c13-9-5-8(14)1-2-10(9)19-7-12(18)16-4-3-15-11(17)6-16/h1-2,5H,3-4,6-7H2,(H,15,17). The van der Waals surface area contributed by atoms with Gasteiger partial charge in [0, 0.05) is 13.1 Å². The second kappa shape index (κ2) is 6.01. The van der Waals surface area contributed by atoms with Gasteiger partial charge >= 0.3 is 0 Å². The first kappa shape index (κ1) is 13.8. The Balaban J connectivity index is 1.91. The van der Waals surface area contributed by atoms with Crippen molar-refractivity contribution in [2.24, 2.45) is 0 Å². The van der Waals surface area contributed by atoms with Crippen molar-refractivity contribution >= 4 is 27.7 Å². The maximum atomic E-state index is 12.9. The Bertz CT molecular complexity index is 510. The predicted octanol–water partition coefficient (Wildman–Crippen LogP) is 0.925. The summed E-state index contributed by atoms with van der Waals surface area (Å²) in [6, 6.07) is 3.95. The molecule has 1 N–H and O–H groups in total. The zero-order chi connectivity index (χ0) is 13.8. The van der Waals surface area contributed by atoms with Crippen LogP contribution in [0.3, 0.4) is 0 Å². The zero-order valence-corrected chi connectivity index (χ0v) is 11.6. The molecule has 0 aliphatic carbocycles. The summed E-state index contributed by atoms with van der Waals surface area (Å²) in [6.45, 7) is 0.785. The summed E-state index contributed by atoms with van der Waals surface area (Å²) in [5.41, 5.74) is 0. The van der Waals surface area contributed by atoms with Gasteiger partial charge in [-0.3, -0.25) is 9.59 Å². The van der Waals surface area contributed by atoms with Gasteiger partial charge in [-0.15, -0.1) is 0 Å². The molecule has 7 heteroatoms. The van der Waals surface area contributed by atoms with Crippen LogP contribution in [0, 0.1) is 5.82 Å². The SMILES string of the molecule is O=C1CN(C(=O)COc2ccc(F)cc2Br)CCN1.